The maximum Gasteiger partial charge on any atom is 0.343 e. The minimum absolute atomic E-state index is 0.323. The number of benzene rings is 2. The molecule has 32 heavy (non-hydrogen) atoms. The third-order valence-electron chi connectivity index (χ3n) is 4.69. The van der Waals surface area contributed by atoms with E-state index in [1.807, 2.05) is 0 Å². The van der Waals surface area contributed by atoms with Crippen molar-refractivity contribution in [3.05, 3.63) is 65.2 Å². The quantitative estimate of drug-likeness (QED) is 0.0823. The Morgan fingerprint density at radius 1 is 0.906 bits per heavy atom. The van der Waals surface area contributed by atoms with Crippen LogP contribution in [-0.4, -0.2) is 30.2 Å². The SMILES string of the molecule is COc1ccc(C(=O)Oc2ccc(/C=C(\CCCCCC[Si](Cl)(Cl)Cl)C(=O)O)cc2)cc1. The highest BCUT2D eigenvalue weighted by Gasteiger charge is 2.23. The van der Waals surface area contributed by atoms with Gasteiger partial charge in [0.15, 0.2) is 0 Å². The van der Waals surface area contributed by atoms with Crippen LogP contribution < -0.4 is 9.47 Å². The van der Waals surface area contributed by atoms with Gasteiger partial charge in [0.25, 0.3) is 0 Å². The molecule has 0 amide bonds. The van der Waals surface area contributed by atoms with Gasteiger partial charge in [-0.05, 0) is 66.9 Å². The summed E-state index contributed by atoms with van der Waals surface area (Å²) < 4.78 is 10.4. The average Bonchev–Trinajstić information content (AvgIpc) is 2.75. The van der Waals surface area contributed by atoms with Gasteiger partial charge in [-0.2, -0.15) is 0 Å². The molecule has 0 bridgehead atoms. The number of carbonyl (C=O) groups is 2. The first kappa shape index (κ1) is 26.3. The summed E-state index contributed by atoms with van der Waals surface area (Å²) in [6.07, 6.45) is 5.45. The van der Waals surface area contributed by atoms with Crippen LogP contribution in [0.1, 0.15) is 48.0 Å². The topological polar surface area (TPSA) is 72.8 Å². The van der Waals surface area contributed by atoms with Crippen molar-refractivity contribution in [3.63, 3.8) is 0 Å². The molecule has 0 aliphatic heterocycles. The van der Waals surface area contributed by atoms with Gasteiger partial charge in [-0.15, -0.1) is 33.2 Å². The van der Waals surface area contributed by atoms with E-state index >= 15 is 0 Å². The van der Waals surface area contributed by atoms with Gasteiger partial charge < -0.3 is 14.6 Å². The molecule has 0 saturated heterocycles. The monoisotopic (exact) mass is 514 g/mol. The Morgan fingerprint density at radius 3 is 2.06 bits per heavy atom. The Kier molecular flexibility index (Phi) is 10.6. The lowest BCUT2D eigenvalue weighted by Gasteiger charge is -2.08. The van der Waals surface area contributed by atoms with Crippen molar-refractivity contribution in [1.82, 2.24) is 0 Å². The van der Waals surface area contributed by atoms with Crippen LogP contribution in [-0.2, 0) is 4.79 Å². The Labute approximate surface area is 203 Å². The second kappa shape index (κ2) is 12.9. The normalized spacial score (nSPS) is 11.8. The molecule has 1 N–H and O–H groups in total. The van der Waals surface area contributed by atoms with Crippen LogP contribution in [0.2, 0.25) is 6.04 Å². The predicted octanol–water partition coefficient (Wildman–Crippen LogP) is 6.99. The van der Waals surface area contributed by atoms with Crippen LogP contribution in [0, 0.1) is 0 Å². The molecule has 5 nitrogen and oxygen atoms in total. The molecule has 0 aromatic heterocycles. The first-order chi connectivity index (χ1) is 15.2. The summed E-state index contributed by atoms with van der Waals surface area (Å²) >= 11 is 17.6. The number of methoxy groups -OCH3 is 1. The minimum Gasteiger partial charge on any atom is -0.497 e. The summed E-state index contributed by atoms with van der Waals surface area (Å²) in [5.41, 5.74) is 1.44. The molecule has 0 radical (unpaired) electrons. The molecule has 2 aromatic rings. The molecule has 0 heterocycles. The molecule has 0 spiro atoms. The van der Waals surface area contributed by atoms with Crippen molar-refractivity contribution < 1.29 is 24.2 Å². The van der Waals surface area contributed by atoms with Crippen molar-refractivity contribution in [2.45, 2.75) is 38.1 Å². The minimum atomic E-state index is -2.57. The number of ether oxygens (including phenoxy) is 2. The summed E-state index contributed by atoms with van der Waals surface area (Å²) in [6.45, 7) is 0. The number of halogens is 3. The van der Waals surface area contributed by atoms with E-state index in [1.165, 1.54) is 0 Å². The summed E-state index contributed by atoms with van der Waals surface area (Å²) in [5.74, 6) is -0.415. The zero-order valence-corrected chi connectivity index (χ0v) is 20.9. The molecule has 0 atom stereocenters. The number of carboxylic acids is 1. The number of rotatable bonds is 12. The summed E-state index contributed by atoms with van der Waals surface area (Å²) in [6, 6.07) is 11.3. The highest BCUT2D eigenvalue weighted by atomic mass is 35.8. The van der Waals surface area contributed by atoms with E-state index in [2.05, 4.69) is 0 Å². The van der Waals surface area contributed by atoms with Crippen molar-refractivity contribution in [1.29, 1.82) is 0 Å². The van der Waals surface area contributed by atoms with Crippen LogP contribution in [0.5, 0.6) is 11.5 Å². The molecular weight excluding hydrogens is 491 g/mol. The van der Waals surface area contributed by atoms with E-state index < -0.39 is 17.9 Å². The maximum atomic E-state index is 12.2. The van der Waals surface area contributed by atoms with Crippen molar-refractivity contribution in [2.75, 3.05) is 7.11 Å². The molecule has 0 saturated carbocycles. The molecule has 172 valence electrons. The van der Waals surface area contributed by atoms with Crippen molar-refractivity contribution >= 4 is 57.3 Å². The third kappa shape index (κ3) is 9.65. The number of esters is 1. The molecule has 0 aliphatic carbocycles. The van der Waals surface area contributed by atoms with Gasteiger partial charge in [0.05, 0.1) is 12.7 Å². The first-order valence-corrected chi connectivity index (χ1v) is 15.4. The third-order valence-corrected chi connectivity index (χ3v) is 7.31. The average molecular weight is 516 g/mol. The fourth-order valence-electron chi connectivity index (χ4n) is 2.96. The summed E-state index contributed by atoms with van der Waals surface area (Å²) in [4.78, 5) is 23.8. The smallest absolute Gasteiger partial charge is 0.343 e. The van der Waals surface area contributed by atoms with Crippen LogP contribution >= 0.6 is 33.2 Å². The standard InChI is InChI=1S/C23H25Cl3O5Si/c1-30-20-13-9-18(10-14-20)23(29)31-21-11-7-17(8-12-21)16-19(22(27)28)6-4-2-3-5-15-32(24,25)26/h7-14,16H,2-6,15H2,1H3,(H,27,28)/b19-16+. The van der Waals surface area contributed by atoms with E-state index in [0.29, 0.717) is 40.7 Å². The van der Waals surface area contributed by atoms with Crippen molar-refractivity contribution in [3.8, 4) is 11.5 Å². The maximum absolute atomic E-state index is 12.2. The largest absolute Gasteiger partial charge is 0.497 e. The van der Waals surface area contributed by atoms with E-state index in [0.717, 1.165) is 25.7 Å². The predicted molar refractivity (Wildman–Crippen MR) is 131 cm³/mol. The van der Waals surface area contributed by atoms with E-state index in [9.17, 15) is 14.7 Å². The zero-order valence-electron chi connectivity index (χ0n) is 17.7. The van der Waals surface area contributed by atoms with Gasteiger partial charge in [0, 0.05) is 5.57 Å². The fraction of sp³-hybridized carbons (Fsp3) is 0.304. The molecule has 2 aromatic carbocycles. The molecule has 9 heteroatoms. The number of unbranched alkanes of at least 4 members (excludes halogenated alkanes) is 3. The van der Waals surface area contributed by atoms with Gasteiger partial charge in [-0.3, -0.25) is 0 Å². The number of carbonyl (C=O) groups excluding carboxylic acids is 1. The Morgan fingerprint density at radius 2 is 1.50 bits per heavy atom. The van der Waals surface area contributed by atoms with E-state index in [4.69, 9.17) is 42.7 Å². The first-order valence-electron chi connectivity index (χ1n) is 10.1. The molecule has 2 rings (SSSR count). The van der Waals surface area contributed by atoms with Crippen LogP contribution in [0.15, 0.2) is 54.1 Å². The van der Waals surface area contributed by atoms with Gasteiger partial charge in [-0.25, -0.2) is 9.59 Å². The molecule has 0 fully saturated rings. The van der Waals surface area contributed by atoms with Gasteiger partial charge in [0.2, 0.25) is 0 Å². The lowest BCUT2D eigenvalue weighted by atomic mass is 10.0. The Balaban J connectivity index is 1.89. The highest BCUT2D eigenvalue weighted by Crippen LogP contribution is 2.28. The van der Waals surface area contributed by atoms with Crippen LogP contribution in [0.4, 0.5) is 0 Å². The fourth-order valence-corrected chi connectivity index (χ4v) is 4.82. The van der Waals surface area contributed by atoms with E-state index in [1.54, 1.807) is 61.7 Å². The van der Waals surface area contributed by atoms with Gasteiger partial charge in [0.1, 0.15) is 11.5 Å². The van der Waals surface area contributed by atoms with Crippen LogP contribution in [0.3, 0.4) is 0 Å². The van der Waals surface area contributed by atoms with E-state index in [-0.39, 0.29) is 0 Å². The number of carboxylic acid groups (broad SMARTS) is 1. The molecule has 0 aliphatic rings. The number of hydrogen-bond acceptors (Lipinski definition) is 4. The van der Waals surface area contributed by atoms with Crippen LogP contribution in [0.25, 0.3) is 6.08 Å². The van der Waals surface area contributed by atoms with Crippen molar-refractivity contribution in [2.24, 2.45) is 0 Å². The lowest BCUT2D eigenvalue weighted by Crippen LogP contribution is -2.08. The Hall–Kier alpha value is -1.99. The highest BCUT2D eigenvalue weighted by molar-refractivity contribution is 7.64. The Bertz CT molecular complexity index is 922. The summed E-state index contributed by atoms with van der Waals surface area (Å²) in [7, 11) is 1.55. The molecule has 0 unspecified atom stereocenters. The second-order valence-electron chi connectivity index (χ2n) is 7.19. The van der Waals surface area contributed by atoms with Gasteiger partial charge >= 0.3 is 17.9 Å². The molecular formula is C23H25Cl3O5Si. The second-order valence-corrected chi connectivity index (χ2v) is 16.5. The van der Waals surface area contributed by atoms with Gasteiger partial charge in [-0.1, -0.05) is 31.4 Å². The number of aliphatic carboxylic acids is 1. The zero-order chi connectivity index (χ0) is 23.6. The summed E-state index contributed by atoms with van der Waals surface area (Å²) in [5, 5.41) is 9.49. The lowest BCUT2D eigenvalue weighted by molar-refractivity contribution is -0.132. The number of hydrogen-bond donors (Lipinski definition) is 1.